The minimum absolute atomic E-state index is 0.0820. The lowest BCUT2D eigenvalue weighted by Crippen LogP contribution is -2.33. The van der Waals surface area contributed by atoms with Gasteiger partial charge in [-0.3, -0.25) is 4.79 Å². The minimum atomic E-state index is -0.505. The fourth-order valence-corrected chi connectivity index (χ4v) is 2.35. The molecular weight excluding hydrogens is 328 g/mol. The van der Waals surface area contributed by atoms with Crippen LogP contribution in [0.5, 0.6) is 5.75 Å². The van der Waals surface area contributed by atoms with Gasteiger partial charge in [-0.2, -0.15) is 11.8 Å². The molecule has 0 unspecified atom stereocenters. The van der Waals surface area contributed by atoms with E-state index < -0.39 is 11.7 Å². The average Bonchev–Trinajstić information content (AvgIpc) is 2.47. The van der Waals surface area contributed by atoms with E-state index in [1.165, 1.54) is 11.8 Å². The van der Waals surface area contributed by atoms with Crippen molar-refractivity contribution in [2.45, 2.75) is 33.3 Å². The quantitative estimate of drug-likeness (QED) is 0.701. The summed E-state index contributed by atoms with van der Waals surface area (Å²) >= 11 is 1.44. The number of carbonyl (C=O) groups is 2. The third kappa shape index (κ3) is 9.29. The number of rotatable bonds is 8. The van der Waals surface area contributed by atoms with Crippen LogP contribution in [0.3, 0.4) is 0 Å². The van der Waals surface area contributed by atoms with Gasteiger partial charge in [-0.25, -0.2) is 4.79 Å². The zero-order valence-corrected chi connectivity index (χ0v) is 15.5. The molecular formula is C17H26N2O4S. The third-order valence-electron chi connectivity index (χ3n) is 2.60. The maximum Gasteiger partial charge on any atom is 0.407 e. The number of hydrogen-bond acceptors (Lipinski definition) is 5. The summed E-state index contributed by atoms with van der Waals surface area (Å²) in [6, 6.07) is 7.24. The molecule has 0 aromatic heterocycles. The molecule has 0 aliphatic rings. The summed E-state index contributed by atoms with van der Waals surface area (Å²) < 4.78 is 10.5. The standard InChI is InChI=1S/C17H26N2O4S/c1-5-22-14-8-6-13(7-9-14)19-15(20)12-24-11-10-18-16(21)23-17(2,3)4/h6-9H,5,10-12H2,1-4H3,(H,18,21)(H,19,20). The van der Waals surface area contributed by atoms with Crippen LogP contribution in [0.2, 0.25) is 0 Å². The van der Waals surface area contributed by atoms with Crippen LogP contribution in [0.1, 0.15) is 27.7 Å². The maximum absolute atomic E-state index is 11.8. The highest BCUT2D eigenvalue weighted by molar-refractivity contribution is 7.99. The van der Waals surface area contributed by atoms with Gasteiger partial charge in [0.1, 0.15) is 11.4 Å². The monoisotopic (exact) mass is 354 g/mol. The second-order valence-electron chi connectivity index (χ2n) is 5.99. The number of amides is 2. The van der Waals surface area contributed by atoms with Crippen molar-refractivity contribution < 1.29 is 19.1 Å². The van der Waals surface area contributed by atoms with Gasteiger partial charge in [0, 0.05) is 18.0 Å². The van der Waals surface area contributed by atoms with Crippen molar-refractivity contribution >= 4 is 29.4 Å². The highest BCUT2D eigenvalue weighted by Crippen LogP contribution is 2.16. The number of carbonyl (C=O) groups excluding carboxylic acids is 2. The van der Waals surface area contributed by atoms with E-state index in [0.29, 0.717) is 24.7 Å². The lowest BCUT2D eigenvalue weighted by atomic mass is 10.2. The molecule has 0 heterocycles. The van der Waals surface area contributed by atoms with E-state index >= 15 is 0 Å². The SMILES string of the molecule is CCOc1ccc(NC(=O)CSCCNC(=O)OC(C)(C)C)cc1. The fourth-order valence-electron chi connectivity index (χ4n) is 1.70. The van der Waals surface area contributed by atoms with E-state index in [0.717, 1.165) is 11.4 Å². The van der Waals surface area contributed by atoms with Crippen LogP contribution >= 0.6 is 11.8 Å². The number of benzene rings is 1. The van der Waals surface area contributed by atoms with Crippen LogP contribution in [0, 0.1) is 0 Å². The van der Waals surface area contributed by atoms with Crippen molar-refractivity contribution in [3.8, 4) is 5.75 Å². The predicted octanol–water partition coefficient (Wildman–Crippen LogP) is 3.28. The van der Waals surface area contributed by atoms with E-state index in [4.69, 9.17) is 9.47 Å². The van der Waals surface area contributed by atoms with E-state index in [-0.39, 0.29) is 5.91 Å². The van der Waals surface area contributed by atoms with Crippen LogP contribution in [0.25, 0.3) is 0 Å². The van der Waals surface area contributed by atoms with Gasteiger partial charge < -0.3 is 20.1 Å². The Morgan fingerprint density at radius 2 is 1.83 bits per heavy atom. The van der Waals surface area contributed by atoms with Crippen LogP contribution < -0.4 is 15.4 Å². The first kappa shape index (κ1) is 20.2. The van der Waals surface area contributed by atoms with Crippen molar-refractivity contribution in [3.63, 3.8) is 0 Å². The van der Waals surface area contributed by atoms with E-state index in [1.54, 1.807) is 12.1 Å². The Labute approximate surface area is 147 Å². The van der Waals surface area contributed by atoms with Gasteiger partial charge in [0.15, 0.2) is 0 Å². The average molecular weight is 354 g/mol. The fraction of sp³-hybridized carbons (Fsp3) is 0.529. The third-order valence-corrected chi connectivity index (χ3v) is 3.56. The molecule has 2 N–H and O–H groups in total. The maximum atomic E-state index is 11.8. The van der Waals surface area contributed by atoms with Gasteiger partial charge in [0.05, 0.1) is 12.4 Å². The highest BCUT2D eigenvalue weighted by atomic mass is 32.2. The molecule has 0 saturated carbocycles. The first-order chi connectivity index (χ1) is 11.3. The molecule has 24 heavy (non-hydrogen) atoms. The summed E-state index contributed by atoms with van der Waals surface area (Å²) in [5, 5.41) is 5.47. The molecule has 1 aromatic rings. The molecule has 0 fully saturated rings. The second kappa shape index (κ2) is 10.1. The summed E-state index contributed by atoms with van der Waals surface area (Å²) in [7, 11) is 0. The zero-order valence-electron chi connectivity index (χ0n) is 14.7. The number of anilines is 1. The lowest BCUT2D eigenvalue weighted by Gasteiger charge is -2.19. The highest BCUT2D eigenvalue weighted by Gasteiger charge is 2.15. The molecule has 0 aliphatic heterocycles. The second-order valence-corrected chi connectivity index (χ2v) is 7.09. The Bertz CT molecular complexity index is 526. The molecule has 0 atom stereocenters. The Morgan fingerprint density at radius 1 is 1.17 bits per heavy atom. The molecule has 2 amide bonds. The molecule has 7 heteroatoms. The van der Waals surface area contributed by atoms with E-state index in [9.17, 15) is 9.59 Å². The molecule has 1 rings (SSSR count). The van der Waals surface area contributed by atoms with Crippen molar-refractivity contribution in [2.24, 2.45) is 0 Å². The van der Waals surface area contributed by atoms with Crippen molar-refractivity contribution in [1.82, 2.24) is 5.32 Å². The first-order valence-corrected chi connectivity index (χ1v) is 9.03. The van der Waals surface area contributed by atoms with Gasteiger partial charge in [0.25, 0.3) is 0 Å². The Balaban J connectivity index is 2.17. The largest absolute Gasteiger partial charge is 0.494 e. The number of alkyl carbamates (subject to hydrolysis) is 1. The molecule has 1 aromatic carbocycles. The van der Waals surface area contributed by atoms with Gasteiger partial charge in [-0.05, 0) is 52.0 Å². The summed E-state index contributed by atoms with van der Waals surface area (Å²) in [4.78, 5) is 23.3. The topological polar surface area (TPSA) is 76.7 Å². The summed E-state index contributed by atoms with van der Waals surface area (Å²) in [6.07, 6.45) is -0.443. The molecule has 134 valence electrons. The van der Waals surface area contributed by atoms with E-state index in [1.807, 2.05) is 39.8 Å². The number of thioether (sulfide) groups is 1. The molecule has 6 nitrogen and oxygen atoms in total. The Morgan fingerprint density at radius 3 is 2.42 bits per heavy atom. The lowest BCUT2D eigenvalue weighted by molar-refractivity contribution is -0.113. The number of ether oxygens (including phenoxy) is 2. The minimum Gasteiger partial charge on any atom is -0.494 e. The van der Waals surface area contributed by atoms with Crippen LogP contribution in [0.15, 0.2) is 24.3 Å². The Hall–Kier alpha value is -1.89. The van der Waals surface area contributed by atoms with Crippen molar-refractivity contribution in [2.75, 3.05) is 30.0 Å². The molecule has 0 spiro atoms. The van der Waals surface area contributed by atoms with Crippen LogP contribution in [-0.2, 0) is 9.53 Å². The van der Waals surface area contributed by atoms with Crippen molar-refractivity contribution in [3.05, 3.63) is 24.3 Å². The Kier molecular flexibility index (Phi) is 8.46. The first-order valence-electron chi connectivity index (χ1n) is 7.87. The molecule has 0 aliphatic carbocycles. The van der Waals surface area contributed by atoms with Gasteiger partial charge >= 0.3 is 6.09 Å². The zero-order chi connectivity index (χ0) is 18.0. The smallest absolute Gasteiger partial charge is 0.407 e. The summed E-state index contributed by atoms with van der Waals surface area (Å²) in [5.41, 5.74) is 0.227. The molecule has 0 bridgehead atoms. The summed E-state index contributed by atoms with van der Waals surface area (Å²) in [6.45, 7) is 8.42. The van der Waals surface area contributed by atoms with E-state index in [2.05, 4.69) is 10.6 Å². The molecule has 0 radical (unpaired) electrons. The normalized spacial score (nSPS) is 10.8. The van der Waals surface area contributed by atoms with Gasteiger partial charge in [-0.1, -0.05) is 0 Å². The molecule has 0 saturated heterocycles. The predicted molar refractivity (Wildman–Crippen MR) is 97.8 cm³/mol. The van der Waals surface area contributed by atoms with Gasteiger partial charge in [0.2, 0.25) is 5.91 Å². The van der Waals surface area contributed by atoms with Crippen LogP contribution in [-0.4, -0.2) is 42.3 Å². The van der Waals surface area contributed by atoms with Crippen LogP contribution in [0.4, 0.5) is 10.5 Å². The number of nitrogens with one attached hydrogen (secondary N) is 2. The van der Waals surface area contributed by atoms with Crippen molar-refractivity contribution in [1.29, 1.82) is 0 Å². The number of hydrogen-bond donors (Lipinski definition) is 2. The van der Waals surface area contributed by atoms with Gasteiger partial charge in [-0.15, -0.1) is 0 Å². The summed E-state index contributed by atoms with van der Waals surface area (Å²) in [5.74, 6) is 1.65.